The second-order valence-corrected chi connectivity index (χ2v) is 6.28. The number of carbonyl (C=O) groups is 1. The fourth-order valence-electron chi connectivity index (χ4n) is 2.20. The van der Waals surface area contributed by atoms with Crippen LogP contribution in [0.4, 0.5) is 0 Å². The van der Waals surface area contributed by atoms with Gasteiger partial charge in [-0.05, 0) is 30.6 Å². The molecule has 3 atom stereocenters. The molecular weight excluding hydrogens is 216 g/mol. The van der Waals surface area contributed by atoms with Gasteiger partial charge in [-0.1, -0.05) is 27.2 Å². The number of carbonyl (C=O) groups excluding carboxylic acids is 1. The number of aliphatic hydroxyl groups excluding tert-OH is 1. The normalized spacial score (nSPS) is 27.6. The van der Waals surface area contributed by atoms with Crippen molar-refractivity contribution in [2.24, 2.45) is 17.1 Å². The van der Waals surface area contributed by atoms with Gasteiger partial charge < -0.3 is 16.2 Å². The summed E-state index contributed by atoms with van der Waals surface area (Å²) in [5.41, 5.74) is 5.66. The monoisotopic (exact) mass is 242 g/mol. The van der Waals surface area contributed by atoms with Crippen LogP contribution in [-0.2, 0) is 4.79 Å². The molecule has 1 aliphatic rings. The molecule has 1 rings (SSSR count). The molecule has 1 saturated carbocycles. The van der Waals surface area contributed by atoms with Crippen LogP contribution >= 0.6 is 0 Å². The highest BCUT2D eigenvalue weighted by atomic mass is 16.3. The third-order valence-corrected chi connectivity index (χ3v) is 3.54. The van der Waals surface area contributed by atoms with Crippen LogP contribution in [0.3, 0.4) is 0 Å². The summed E-state index contributed by atoms with van der Waals surface area (Å²) in [4.78, 5) is 11.8. The molecular formula is C13H26N2O2. The van der Waals surface area contributed by atoms with Gasteiger partial charge in [0.1, 0.15) is 0 Å². The lowest BCUT2D eigenvalue weighted by Gasteiger charge is -2.29. The summed E-state index contributed by atoms with van der Waals surface area (Å²) < 4.78 is 0. The summed E-state index contributed by atoms with van der Waals surface area (Å²) in [6.07, 6.45) is 3.63. The number of hydrogen-bond acceptors (Lipinski definition) is 3. The number of amides is 1. The van der Waals surface area contributed by atoms with E-state index in [4.69, 9.17) is 5.73 Å². The van der Waals surface area contributed by atoms with Crippen LogP contribution < -0.4 is 11.1 Å². The Morgan fingerprint density at radius 2 is 2.12 bits per heavy atom. The Balaban J connectivity index is 2.33. The molecule has 4 nitrogen and oxygen atoms in total. The minimum atomic E-state index is -0.476. The van der Waals surface area contributed by atoms with Crippen molar-refractivity contribution in [3.05, 3.63) is 0 Å². The first-order chi connectivity index (χ1) is 7.80. The molecule has 4 N–H and O–H groups in total. The molecule has 0 aromatic carbocycles. The summed E-state index contributed by atoms with van der Waals surface area (Å²) in [5, 5.41) is 12.5. The first-order valence-corrected chi connectivity index (χ1v) is 6.52. The second kappa shape index (κ2) is 5.83. The summed E-state index contributed by atoms with van der Waals surface area (Å²) >= 11 is 0. The molecule has 0 radical (unpaired) electrons. The molecule has 100 valence electrons. The Bertz CT molecular complexity index is 261. The zero-order valence-corrected chi connectivity index (χ0v) is 11.2. The third kappa shape index (κ3) is 4.64. The van der Waals surface area contributed by atoms with E-state index < -0.39 is 6.04 Å². The van der Waals surface area contributed by atoms with Crippen molar-refractivity contribution in [1.82, 2.24) is 5.32 Å². The number of rotatable bonds is 3. The van der Waals surface area contributed by atoms with Crippen LogP contribution in [0.25, 0.3) is 0 Å². The third-order valence-electron chi connectivity index (χ3n) is 3.54. The predicted molar refractivity (Wildman–Crippen MR) is 68.4 cm³/mol. The summed E-state index contributed by atoms with van der Waals surface area (Å²) in [6, 6.07) is -0.476. The quantitative estimate of drug-likeness (QED) is 0.692. The van der Waals surface area contributed by atoms with Crippen molar-refractivity contribution < 1.29 is 9.90 Å². The largest absolute Gasteiger partial charge is 0.393 e. The molecule has 17 heavy (non-hydrogen) atoms. The number of nitrogens with two attached hydrogens (primary N) is 1. The topological polar surface area (TPSA) is 75.4 Å². The molecule has 3 unspecified atom stereocenters. The van der Waals surface area contributed by atoms with Crippen molar-refractivity contribution in [2.45, 2.75) is 58.6 Å². The van der Waals surface area contributed by atoms with Crippen LogP contribution in [0.2, 0.25) is 0 Å². The van der Waals surface area contributed by atoms with E-state index in [2.05, 4.69) is 5.32 Å². The van der Waals surface area contributed by atoms with Crippen LogP contribution in [0.15, 0.2) is 0 Å². The summed E-state index contributed by atoms with van der Waals surface area (Å²) in [7, 11) is 0. The maximum absolute atomic E-state index is 11.8. The van der Waals surface area contributed by atoms with Crippen molar-refractivity contribution in [3.63, 3.8) is 0 Å². The van der Waals surface area contributed by atoms with Gasteiger partial charge in [-0.15, -0.1) is 0 Å². The lowest BCUT2D eigenvalue weighted by Crippen LogP contribution is -2.49. The number of nitrogens with one attached hydrogen (secondary N) is 1. The molecule has 0 aromatic rings. The van der Waals surface area contributed by atoms with E-state index in [-0.39, 0.29) is 17.4 Å². The Labute approximate surface area is 104 Å². The smallest absolute Gasteiger partial charge is 0.237 e. The van der Waals surface area contributed by atoms with E-state index in [0.29, 0.717) is 12.5 Å². The van der Waals surface area contributed by atoms with Gasteiger partial charge in [0.25, 0.3) is 0 Å². The van der Waals surface area contributed by atoms with Gasteiger partial charge in [-0.25, -0.2) is 0 Å². The average molecular weight is 242 g/mol. The summed E-state index contributed by atoms with van der Waals surface area (Å²) in [6.45, 7) is 6.52. The standard InChI is InChI=1S/C13H26N2O2/c1-13(2,3)11(14)12(17)15-8-9-5-4-6-10(16)7-9/h9-11,16H,4-8,14H2,1-3H3,(H,15,17). The Kier molecular flexibility index (Phi) is 4.95. The Morgan fingerprint density at radius 1 is 1.47 bits per heavy atom. The first-order valence-electron chi connectivity index (χ1n) is 6.52. The molecule has 0 heterocycles. The first kappa shape index (κ1) is 14.5. The van der Waals surface area contributed by atoms with Gasteiger partial charge in [-0.3, -0.25) is 4.79 Å². The van der Waals surface area contributed by atoms with Gasteiger partial charge in [0.15, 0.2) is 0 Å². The molecule has 0 saturated heterocycles. The lowest BCUT2D eigenvalue weighted by molar-refractivity contribution is -0.124. The van der Waals surface area contributed by atoms with Gasteiger partial charge in [0.2, 0.25) is 5.91 Å². The van der Waals surface area contributed by atoms with Gasteiger partial charge in [-0.2, -0.15) is 0 Å². The molecule has 0 aliphatic heterocycles. The van der Waals surface area contributed by atoms with Crippen LogP contribution in [-0.4, -0.2) is 29.7 Å². The SMILES string of the molecule is CC(C)(C)C(N)C(=O)NCC1CCCC(O)C1. The molecule has 0 aromatic heterocycles. The van der Waals surface area contributed by atoms with Crippen molar-refractivity contribution in [3.8, 4) is 0 Å². The lowest BCUT2D eigenvalue weighted by atomic mass is 9.85. The van der Waals surface area contributed by atoms with E-state index in [1.165, 1.54) is 0 Å². The summed E-state index contributed by atoms with van der Waals surface area (Å²) in [5.74, 6) is 0.312. The van der Waals surface area contributed by atoms with Crippen LogP contribution in [0.5, 0.6) is 0 Å². The Morgan fingerprint density at radius 3 is 2.65 bits per heavy atom. The van der Waals surface area contributed by atoms with Gasteiger partial charge >= 0.3 is 0 Å². The van der Waals surface area contributed by atoms with E-state index in [9.17, 15) is 9.90 Å². The van der Waals surface area contributed by atoms with Crippen LogP contribution in [0, 0.1) is 11.3 Å². The van der Waals surface area contributed by atoms with Crippen molar-refractivity contribution >= 4 is 5.91 Å². The van der Waals surface area contributed by atoms with E-state index in [0.717, 1.165) is 25.7 Å². The van der Waals surface area contributed by atoms with Crippen molar-refractivity contribution in [2.75, 3.05) is 6.54 Å². The van der Waals surface area contributed by atoms with Gasteiger partial charge in [0, 0.05) is 6.54 Å². The minimum Gasteiger partial charge on any atom is -0.393 e. The predicted octanol–water partition coefficient (Wildman–Crippen LogP) is 1.03. The molecule has 1 fully saturated rings. The molecule has 1 aliphatic carbocycles. The van der Waals surface area contributed by atoms with Crippen molar-refractivity contribution in [1.29, 1.82) is 0 Å². The highest BCUT2D eigenvalue weighted by molar-refractivity contribution is 5.82. The molecule has 0 bridgehead atoms. The zero-order valence-electron chi connectivity index (χ0n) is 11.2. The van der Waals surface area contributed by atoms with Gasteiger partial charge in [0.05, 0.1) is 12.1 Å². The zero-order chi connectivity index (χ0) is 13.1. The maximum Gasteiger partial charge on any atom is 0.237 e. The average Bonchev–Trinajstić information content (AvgIpc) is 2.23. The minimum absolute atomic E-state index is 0.0856. The Hall–Kier alpha value is -0.610. The van der Waals surface area contributed by atoms with E-state index in [1.807, 2.05) is 20.8 Å². The molecule has 1 amide bonds. The highest BCUT2D eigenvalue weighted by Gasteiger charge is 2.28. The molecule has 4 heteroatoms. The van der Waals surface area contributed by atoms with E-state index in [1.54, 1.807) is 0 Å². The fraction of sp³-hybridized carbons (Fsp3) is 0.923. The molecule has 0 spiro atoms. The van der Waals surface area contributed by atoms with Crippen LogP contribution in [0.1, 0.15) is 46.5 Å². The van der Waals surface area contributed by atoms with E-state index >= 15 is 0 Å². The number of aliphatic hydroxyl groups is 1. The highest BCUT2D eigenvalue weighted by Crippen LogP contribution is 2.23. The maximum atomic E-state index is 11.8. The number of hydrogen-bond donors (Lipinski definition) is 3. The fourth-order valence-corrected chi connectivity index (χ4v) is 2.20. The second-order valence-electron chi connectivity index (χ2n) is 6.28.